The van der Waals surface area contributed by atoms with Gasteiger partial charge in [-0.05, 0) is 18.9 Å². The van der Waals surface area contributed by atoms with Gasteiger partial charge in [-0.25, -0.2) is 0 Å². The number of aryl methyl sites for hydroxylation is 1. The van der Waals surface area contributed by atoms with E-state index >= 15 is 0 Å². The van der Waals surface area contributed by atoms with Crippen LogP contribution in [0.3, 0.4) is 0 Å². The summed E-state index contributed by atoms with van der Waals surface area (Å²) in [5, 5.41) is 15.9. The lowest BCUT2D eigenvalue weighted by Gasteiger charge is -2.24. The molecule has 2 rings (SSSR count). The summed E-state index contributed by atoms with van der Waals surface area (Å²) < 4.78 is 1.68. The second-order valence-electron chi connectivity index (χ2n) is 4.66. The Kier molecular flexibility index (Phi) is 3.99. The molecule has 102 valence electrons. The summed E-state index contributed by atoms with van der Waals surface area (Å²) in [6, 6.07) is 1.82. The van der Waals surface area contributed by atoms with Crippen molar-refractivity contribution in [2.75, 3.05) is 0 Å². The van der Waals surface area contributed by atoms with Crippen molar-refractivity contribution in [1.82, 2.24) is 15.1 Å². The first-order chi connectivity index (χ1) is 9.09. The monoisotopic (exact) mass is 263 g/mol. The van der Waals surface area contributed by atoms with Gasteiger partial charge in [-0.1, -0.05) is 12.2 Å². The van der Waals surface area contributed by atoms with E-state index in [1.807, 2.05) is 18.2 Å². The van der Waals surface area contributed by atoms with E-state index in [0.29, 0.717) is 19.4 Å². The van der Waals surface area contributed by atoms with Gasteiger partial charge in [0.15, 0.2) is 0 Å². The number of carboxylic acid groups (broad SMARTS) is 1. The molecule has 0 aliphatic heterocycles. The summed E-state index contributed by atoms with van der Waals surface area (Å²) in [5.74, 6) is -2.24. The molecule has 0 bridgehead atoms. The number of hydrogen-bond donors (Lipinski definition) is 2. The number of allylic oxidation sites excluding steroid dienone is 2. The molecule has 6 heteroatoms. The zero-order valence-corrected chi connectivity index (χ0v) is 10.7. The van der Waals surface area contributed by atoms with Crippen molar-refractivity contribution in [2.24, 2.45) is 18.9 Å². The molecule has 1 aliphatic rings. The summed E-state index contributed by atoms with van der Waals surface area (Å²) >= 11 is 0. The van der Waals surface area contributed by atoms with Crippen LogP contribution in [0.25, 0.3) is 0 Å². The number of rotatable bonds is 4. The van der Waals surface area contributed by atoms with Crippen molar-refractivity contribution >= 4 is 11.9 Å². The van der Waals surface area contributed by atoms with Crippen molar-refractivity contribution in [2.45, 2.75) is 19.4 Å². The molecule has 1 aromatic rings. The highest BCUT2D eigenvalue weighted by atomic mass is 16.4. The Hall–Kier alpha value is -2.11. The second-order valence-corrected chi connectivity index (χ2v) is 4.66. The maximum Gasteiger partial charge on any atom is 0.307 e. The molecule has 2 atom stereocenters. The minimum Gasteiger partial charge on any atom is -0.481 e. The topological polar surface area (TPSA) is 84.2 Å². The molecule has 0 fully saturated rings. The summed E-state index contributed by atoms with van der Waals surface area (Å²) in [4.78, 5) is 23.2. The highest BCUT2D eigenvalue weighted by molar-refractivity contribution is 5.85. The number of amides is 1. The van der Waals surface area contributed by atoms with Gasteiger partial charge < -0.3 is 10.4 Å². The molecule has 0 aromatic carbocycles. The van der Waals surface area contributed by atoms with Crippen LogP contribution in [0.4, 0.5) is 0 Å². The van der Waals surface area contributed by atoms with Gasteiger partial charge >= 0.3 is 5.97 Å². The van der Waals surface area contributed by atoms with Crippen molar-refractivity contribution in [3.05, 3.63) is 30.1 Å². The third kappa shape index (κ3) is 3.01. The molecule has 0 radical (unpaired) electrons. The molecule has 1 aromatic heterocycles. The minimum atomic E-state index is -0.912. The lowest BCUT2D eigenvalue weighted by atomic mass is 9.82. The van der Waals surface area contributed by atoms with Crippen molar-refractivity contribution < 1.29 is 14.7 Å². The summed E-state index contributed by atoms with van der Waals surface area (Å²) in [6.07, 6.45) is 6.25. The lowest BCUT2D eigenvalue weighted by molar-refractivity contribution is -0.147. The van der Waals surface area contributed by atoms with E-state index in [0.717, 1.165) is 5.69 Å². The minimum absolute atomic E-state index is 0.210. The number of carbonyl (C=O) groups is 2. The number of carbonyl (C=O) groups excluding carboxylic acids is 1. The predicted molar refractivity (Wildman–Crippen MR) is 68.0 cm³/mol. The molecular formula is C13H17N3O3. The average Bonchev–Trinajstić information content (AvgIpc) is 2.81. The van der Waals surface area contributed by atoms with Crippen LogP contribution in [0.5, 0.6) is 0 Å². The lowest BCUT2D eigenvalue weighted by Crippen LogP contribution is -2.38. The van der Waals surface area contributed by atoms with Crippen LogP contribution in [0.1, 0.15) is 18.5 Å². The number of aromatic nitrogens is 2. The maximum absolute atomic E-state index is 12.1. The van der Waals surface area contributed by atoms with E-state index in [9.17, 15) is 9.59 Å². The highest BCUT2D eigenvalue weighted by Crippen LogP contribution is 2.26. The molecule has 1 aliphatic carbocycles. The van der Waals surface area contributed by atoms with E-state index < -0.39 is 17.8 Å². The second kappa shape index (κ2) is 5.69. The van der Waals surface area contributed by atoms with Gasteiger partial charge in [0.05, 0.1) is 24.1 Å². The first kappa shape index (κ1) is 13.3. The number of carboxylic acids is 1. The first-order valence-corrected chi connectivity index (χ1v) is 6.22. The standard InChI is InChI=1S/C13H17N3O3/c1-16-9(6-7-15-16)8-14-12(17)10-4-2-3-5-11(10)13(18)19/h2-3,6-7,10-11H,4-5,8H2,1H3,(H,14,17)(H,18,19). The number of nitrogens with zero attached hydrogens (tertiary/aromatic N) is 2. The largest absolute Gasteiger partial charge is 0.481 e. The Balaban J connectivity index is 1.97. The molecule has 2 N–H and O–H groups in total. The van der Waals surface area contributed by atoms with E-state index in [-0.39, 0.29) is 5.91 Å². The van der Waals surface area contributed by atoms with Crippen LogP contribution in [-0.4, -0.2) is 26.8 Å². The zero-order valence-electron chi connectivity index (χ0n) is 10.7. The molecule has 0 spiro atoms. The Bertz CT molecular complexity index is 507. The van der Waals surface area contributed by atoms with Gasteiger partial charge in [0, 0.05) is 13.2 Å². The van der Waals surface area contributed by atoms with Crippen molar-refractivity contribution in [3.63, 3.8) is 0 Å². The highest BCUT2D eigenvalue weighted by Gasteiger charge is 2.33. The van der Waals surface area contributed by atoms with Crippen LogP contribution >= 0.6 is 0 Å². The van der Waals surface area contributed by atoms with Crippen LogP contribution in [0.15, 0.2) is 24.4 Å². The normalized spacial score (nSPS) is 22.2. The van der Waals surface area contributed by atoms with Gasteiger partial charge in [-0.2, -0.15) is 5.10 Å². The number of nitrogens with one attached hydrogen (secondary N) is 1. The van der Waals surface area contributed by atoms with Gasteiger partial charge in [0.25, 0.3) is 0 Å². The van der Waals surface area contributed by atoms with Gasteiger partial charge in [-0.15, -0.1) is 0 Å². The first-order valence-electron chi connectivity index (χ1n) is 6.22. The SMILES string of the molecule is Cn1nccc1CNC(=O)C1CC=CCC1C(=O)O. The third-order valence-electron chi connectivity index (χ3n) is 3.45. The summed E-state index contributed by atoms with van der Waals surface area (Å²) in [6.45, 7) is 0.363. The Morgan fingerprint density at radius 1 is 1.42 bits per heavy atom. The third-order valence-corrected chi connectivity index (χ3v) is 3.45. The zero-order chi connectivity index (χ0) is 13.8. The van der Waals surface area contributed by atoms with E-state index in [1.54, 1.807) is 17.9 Å². The Morgan fingerprint density at radius 3 is 2.68 bits per heavy atom. The van der Waals surface area contributed by atoms with Crippen LogP contribution < -0.4 is 5.32 Å². The average molecular weight is 263 g/mol. The fourth-order valence-corrected chi connectivity index (χ4v) is 2.26. The van der Waals surface area contributed by atoms with E-state index in [2.05, 4.69) is 10.4 Å². The van der Waals surface area contributed by atoms with E-state index in [4.69, 9.17) is 5.11 Å². The number of aliphatic carboxylic acids is 1. The molecule has 19 heavy (non-hydrogen) atoms. The quantitative estimate of drug-likeness (QED) is 0.783. The predicted octanol–water partition coefficient (Wildman–Crippen LogP) is 0.703. The van der Waals surface area contributed by atoms with Crippen molar-refractivity contribution in [3.8, 4) is 0 Å². The van der Waals surface area contributed by atoms with Gasteiger partial charge in [0.2, 0.25) is 5.91 Å². The van der Waals surface area contributed by atoms with Crippen LogP contribution in [-0.2, 0) is 23.2 Å². The van der Waals surface area contributed by atoms with Crippen LogP contribution in [0.2, 0.25) is 0 Å². The van der Waals surface area contributed by atoms with Gasteiger partial charge in [0.1, 0.15) is 0 Å². The molecular weight excluding hydrogens is 246 g/mol. The molecule has 0 saturated heterocycles. The van der Waals surface area contributed by atoms with E-state index in [1.165, 1.54) is 0 Å². The Morgan fingerprint density at radius 2 is 2.11 bits per heavy atom. The molecule has 1 amide bonds. The smallest absolute Gasteiger partial charge is 0.307 e. The fourth-order valence-electron chi connectivity index (χ4n) is 2.26. The maximum atomic E-state index is 12.1. The van der Waals surface area contributed by atoms with Crippen LogP contribution in [0, 0.1) is 11.8 Å². The molecule has 2 unspecified atom stereocenters. The summed E-state index contributed by atoms with van der Waals surface area (Å²) in [7, 11) is 1.80. The molecule has 6 nitrogen and oxygen atoms in total. The number of hydrogen-bond acceptors (Lipinski definition) is 3. The Labute approximate surface area is 111 Å². The van der Waals surface area contributed by atoms with Crippen molar-refractivity contribution in [1.29, 1.82) is 0 Å². The summed E-state index contributed by atoms with van der Waals surface area (Å²) in [5.41, 5.74) is 0.881. The molecule has 1 heterocycles. The molecule has 0 saturated carbocycles. The fraction of sp³-hybridized carbons (Fsp3) is 0.462. The van der Waals surface area contributed by atoms with Gasteiger partial charge in [-0.3, -0.25) is 14.3 Å².